The molecule has 1 aromatic heterocycles. The van der Waals surface area contributed by atoms with E-state index in [0.717, 1.165) is 24.2 Å². The maximum absolute atomic E-state index is 12.2. The number of aliphatic carboxylic acids is 1. The van der Waals surface area contributed by atoms with Crippen LogP contribution in [0, 0.1) is 10.1 Å². The number of carboxylic acid groups (broad SMARTS) is 1. The minimum absolute atomic E-state index is 0.118. The normalized spacial score (nSPS) is 19.2. The van der Waals surface area contributed by atoms with Gasteiger partial charge in [0.25, 0.3) is 5.91 Å². The second-order valence-corrected chi connectivity index (χ2v) is 5.31. The van der Waals surface area contributed by atoms with Crippen LogP contribution in [0.15, 0.2) is 12.1 Å². The molecule has 1 amide bonds. The fraction of sp³-hybridized carbons (Fsp3) is 0.455. The minimum Gasteiger partial charge on any atom is -0.480 e. The Kier molecular flexibility index (Phi) is 3.79. The molecule has 0 unspecified atom stereocenters. The van der Waals surface area contributed by atoms with Crippen molar-refractivity contribution in [2.24, 2.45) is 0 Å². The highest BCUT2D eigenvalue weighted by Crippen LogP contribution is 2.27. The Hall–Kier alpha value is -1.96. The molecule has 102 valence electrons. The molecular weight excluding hydrogens is 272 g/mol. The Bertz CT molecular complexity index is 527. The number of thiophene rings is 1. The van der Waals surface area contributed by atoms with E-state index in [2.05, 4.69) is 0 Å². The molecule has 1 saturated heterocycles. The van der Waals surface area contributed by atoms with E-state index in [0.29, 0.717) is 13.0 Å². The SMILES string of the molecule is O=C(O)[C@H]1CCCCN1C(=O)c1ccc([N+](=O)[O-])s1. The van der Waals surface area contributed by atoms with E-state index in [-0.39, 0.29) is 9.88 Å². The zero-order valence-electron chi connectivity index (χ0n) is 9.94. The van der Waals surface area contributed by atoms with Gasteiger partial charge in [0, 0.05) is 12.6 Å². The van der Waals surface area contributed by atoms with Crippen LogP contribution in [0.4, 0.5) is 5.00 Å². The van der Waals surface area contributed by atoms with Crippen LogP contribution < -0.4 is 0 Å². The number of hydrogen-bond acceptors (Lipinski definition) is 5. The summed E-state index contributed by atoms with van der Waals surface area (Å²) in [6.45, 7) is 0.376. The van der Waals surface area contributed by atoms with Crippen molar-refractivity contribution in [1.29, 1.82) is 0 Å². The fourth-order valence-electron chi connectivity index (χ4n) is 2.11. The van der Waals surface area contributed by atoms with Crippen molar-refractivity contribution in [2.45, 2.75) is 25.3 Å². The van der Waals surface area contributed by atoms with Gasteiger partial charge in [0.2, 0.25) is 0 Å². The van der Waals surface area contributed by atoms with Gasteiger partial charge in [-0.3, -0.25) is 14.9 Å². The average molecular weight is 284 g/mol. The van der Waals surface area contributed by atoms with Crippen molar-refractivity contribution in [1.82, 2.24) is 4.90 Å². The summed E-state index contributed by atoms with van der Waals surface area (Å²) in [5.41, 5.74) is 0. The van der Waals surface area contributed by atoms with Gasteiger partial charge in [-0.25, -0.2) is 4.79 Å². The van der Waals surface area contributed by atoms with Gasteiger partial charge < -0.3 is 10.0 Å². The van der Waals surface area contributed by atoms with E-state index in [1.54, 1.807) is 0 Å². The van der Waals surface area contributed by atoms with E-state index >= 15 is 0 Å². The van der Waals surface area contributed by atoms with E-state index in [1.807, 2.05) is 0 Å². The lowest BCUT2D eigenvalue weighted by atomic mass is 10.0. The van der Waals surface area contributed by atoms with E-state index in [4.69, 9.17) is 5.11 Å². The number of piperidine rings is 1. The molecule has 0 radical (unpaired) electrons. The summed E-state index contributed by atoms with van der Waals surface area (Å²) in [7, 11) is 0. The Morgan fingerprint density at radius 3 is 2.74 bits per heavy atom. The average Bonchev–Trinajstić information content (AvgIpc) is 2.87. The van der Waals surface area contributed by atoms with Crippen LogP contribution >= 0.6 is 11.3 Å². The van der Waals surface area contributed by atoms with Gasteiger partial charge in [-0.1, -0.05) is 11.3 Å². The highest BCUT2D eigenvalue weighted by atomic mass is 32.1. The molecule has 1 aromatic rings. The monoisotopic (exact) mass is 284 g/mol. The maximum atomic E-state index is 12.2. The predicted octanol–water partition coefficient (Wildman–Crippen LogP) is 1.74. The second-order valence-electron chi connectivity index (χ2n) is 4.24. The first-order chi connectivity index (χ1) is 9.00. The first-order valence-electron chi connectivity index (χ1n) is 5.78. The Labute approximate surface area is 112 Å². The smallest absolute Gasteiger partial charge is 0.326 e. The summed E-state index contributed by atoms with van der Waals surface area (Å²) in [5, 5.41) is 19.6. The lowest BCUT2D eigenvalue weighted by Gasteiger charge is -2.32. The molecule has 1 aliphatic rings. The largest absolute Gasteiger partial charge is 0.480 e. The van der Waals surface area contributed by atoms with E-state index in [9.17, 15) is 19.7 Å². The molecule has 0 aromatic carbocycles. The fourth-order valence-corrected chi connectivity index (χ4v) is 2.89. The zero-order chi connectivity index (χ0) is 14.0. The van der Waals surface area contributed by atoms with Crippen molar-refractivity contribution in [3.05, 3.63) is 27.1 Å². The molecule has 0 bridgehead atoms. The van der Waals surface area contributed by atoms with Crippen LogP contribution in [0.3, 0.4) is 0 Å². The highest BCUT2D eigenvalue weighted by molar-refractivity contribution is 7.17. The molecule has 1 atom stereocenters. The first kappa shape index (κ1) is 13.5. The number of likely N-dealkylation sites (tertiary alicyclic amines) is 1. The van der Waals surface area contributed by atoms with Crippen molar-refractivity contribution >= 4 is 28.2 Å². The molecule has 0 aliphatic carbocycles. The minimum atomic E-state index is -1.03. The lowest BCUT2D eigenvalue weighted by Crippen LogP contribution is -2.47. The summed E-state index contributed by atoms with van der Waals surface area (Å²) in [4.78, 5) is 34.8. The Morgan fingerprint density at radius 2 is 2.16 bits per heavy atom. The number of carboxylic acids is 1. The summed E-state index contributed by atoms with van der Waals surface area (Å²) in [5.74, 6) is -1.47. The number of rotatable bonds is 3. The van der Waals surface area contributed by atoms with E-state index < -0.39 is 22.8 Å². The van der Waals surface area contributed by atoms with E-state index in [1.165, 1.54) is 17.0 Å². The molecule has 0 saturated carbocycles. The number of nitrogens with zero attached hydrogens (tertiary/aromatic N) is 2. The number of nitro groups is 1. The summed E-state index contributed by atoms with van der Waals surface area (Å²) < 4.78 is 0. The highest BCUT2D eigenvalue weighted by Gasteiger charge is 2.33. The zero-order valence-corrected chi connectivity index (χ0v) is 10.8. The van der Waals surface area contributed by atoms with Crippen molar-refractivity contribution in [2.75, 3.05) is 6.54 Å². The van der Waals surface area contributed by atoms with Gasteiger partial charge in [0.1, 0.15) is 6.04 Å². The molecule has 8 heteroatoms. The summed E-state index contributed by atoms with van der Waals surface area (Å²) >= 11 is 0.773. The first-order valence-corrected chi connectivity index (χ1v) is 6.60. The Balaban J connectivity index is 2.21. The van der Waals surface area contributed by atoms with Crippen molar-refractivity contribution in [3.8, 4) is 0 Å². The third-order valence-corrected chi connectivity index (χ3v) is 4.06. The van der Waals surface area contributed by atoms with Gasteiger partial charge in [-0.05, 0) is 25.3 Å². The molecule has 0 spiro atoms. The summed E-state index contributed by atoms with van der Waals surface area (Å²) in [6.07, 6.45) is 1.95. The molecule has 1 N–H and O–H groups in total. The molecule has 2 rings (SSSR count). The summed E-state index contributed by atoms with van der Waals surface area (Å²) in [6, 6.07) is 1.80. The van der Waals surface area contributed by atoms with Crippen LogP contribution in [-0.2, 0) is 4.79 Å². The third-order valence-electron chi connectivity index (χ3n) is 3.03. The number of amides is 1. The van der Waals surface area contributed by atoms with Gasteiger partial charge in [-0.15, -0.1) is 0 Å². The topological polar surface area (TPSA) is 101 Å². The van der Waals surface area contributed by atoms with Crippen LogP contribution in [0.2, 0.25) is 0 Å². The van der Waals surface area contributed by atoms with Crippen molar-refractivity contribution in [3.63, 3.8) is 0 Å². The quantitative estimate of drug-likeness (QED) is 0.673. The molecule has 1 aliphatic heterocycles. The number of hydrogen-bond donors (Lipinski definition) is 1. The molecule has 2 heterocycles. The van der Waals surface area contributed by atoms with Crippen LogP contribution in [-0.4, -0.2) is 39.4 Å². The predicted molar refractivity (Wildman–Crippen MR) is 67.3 cm³/mol. The van der Waals surface area contributed by atoms with Crippen LogP contribution in [0.25, 0.3) is 0 Å². The van der Waals surface area contributed by atoms with Gasteiger partial charge in [0.15, 0.2) is 0 Å². The molecule has 19 heavy (non-hydrogen) atoms. The van der Waals surface area contributed by atoms with Gasteiger partial charge >= 0.3 is 11.0 Å². The van der Waals surface area contributed by atoms with Crippen LogP contribution in [0.1, 0.15) is 28.9 Å². The third kappa shape index (κ3) is 2.73. The number of carbonyl (C=O) groups is 2. The standard InChI is InChI=1S/C11H12N2O5S/c14-10(8-4-5-9(19-8)13(17)18)12-6-2-1-3-7(12)11(15)16/h4-5,7H,1-3,6H2,(H,15,16)/t7-/m1/s1. The van der Waals surface area contributed by atoms with Gasteiger partial charge in [-0.2, -0.15) is 0 Å². The second kappa shape index (κ2) is 5.35. The molecule has 7 nitrogen and oxygen atoms in total. The van der Waals surface area contributed by atoms with Crippen molar-refractivity contribution < 1.29 is 19.6 Å². The Morgan fingerprint density at radius 1 is 1.42 bits per heavy atom. The lowest BCUT2D eigenvalue weighted by molar-refractivity contribution is -0.380. The van der Waals surface area contributed by atoms with Gasteiger partial charge in [0.05, 0.1) is 9.80 Å². The van der Waals surface area contributed by atoms with Crippen LogP contribution in [0.5, 0.6) is 0 Å². The molecule has 1 fully saturated rings. The maximum Gasteiger partial charge on any atom is 0.326 e. The number of carbonyl (C=O) groups excluding carboxylic acids is 1. The molecular formula is C11H12N2O5S.